The molecule has 0 spiro atoms. The highest BCUT2D eigenvalue weighted by Gasteiger charge is 2.18. The largest absolute Gasteiger partial charge is 0.619 e. The maximum Gasteiger partial charge on any atom is 0.180 e. The molecule has 0 saturated carbocycles. The highest BCUT2D eigenvalue weighted by Crippen LogP contribution is 2.31. The number of rotatable bonds is 4. The van der Waals surface area contributed by atoms with Crippen LogP contribution in [0.5, 0.6) is 0 Å². The molecule has 1 atom stereocenters. The number of aliphatic hydroxyl groups is 1. The summed E-state index contributed by atoms with van der Waals surface area (Å²) in [5.41, 5.74) is 1.83. The Morgan fingerprint density at radius 2 is 1.59 bits per heavy atom. The average molecular weight is 379 g/mol. The number of nitrogens with one attached hydrogen (secondary N) is 1. The molecule has 4 rings (SSSR count). The van der Waals surface area contributed by atoms with Gasteiger partial charge in [-0.05, 0) is 29.8 Å². The highest BCUT2D eigenvalue weighted by molar-refractivity contribution is 6.30. The predicted octanol–water partition coefficient (Wildman–Crippen LogP) is 3.74. The van der Waals surface area contributed by atoms with Gasteiger partial charge in [0.05, 0.1) is 0 Å². The maximum atomic E-state index is 11.2. The quantitative estimate of drug-likeness (QED) is 0.417. The molecular weight excluding hydrogens is 364 g/mol. The van der Waals surface area contributed by atoms with Gasteiger partial charge in [-0.15, -0.1) is 10.2 Å². The van der Waals surface area contributed by atoms with Crippen molar-refractivity contribution < 1.29 is 9.84 Å². The van der Waals surface area contributed by atoms with Crippen LogP contribution in [0.1, 0.15) is 17.4 Å². The molecule has 134 valence electrons. The molecule has 1 unspecified atom stereocenters. The van der Waals surface area contributed by atoms with E-state index in [1.165, 1.54) is 12.4 Å². The van der Waals surface area contributed by atoms with Crippen molar-refractivity contribution in [2.75, 3.05) is 5.32 Å². The zero-order valence-electron chi connectivity index (χ0n) is 14.1. The van der Waals surface area contributed by atoms with Crippen molar-refractivity contribution >= 4 is 33.9 Å². The lowest BCUT2D eigenvalue weighted by Gasteiger charge is -2.15. The van der Waals surface area contributed by atoms with Crippen molar-refractivity contribution in [1.29, 1.82) is 0 Å². The fourth-order valence-corrected chi connectivity index (χ4v) is 2.98. The maximum absolute atomic E-state index is 11.2. The zero-order valence-corrected chi connectivity index (χ0v) is 14.8. The third-order valence-electron chi connectivity index (χ3n) is 4.23. The summed E-state index contributed by atoms with van der Waals surface area (Å²) in [7, 11) is 0. The molecule has 2 aromatic heterocycles. The van der Waals surface area contributed by atoms with Gasteiger partial charge in [-0.2, -0.15) is 4.73 Å². The summed E-state index contributed by atoms with van der Waals surface area (Å²) in [4.78, 5) is 0. The van der Waals surface area contributed by atoms with Crippen LogP contribution in [0.25, 0.3) is 10.8 Å². The first-order valence-corrected chi connectivity index (χ1v) is 8.64. The average Bonchev–Trinajstić information content (AvgIpc) is 2.70. The van der Waals surface area contributed by atoms with Crippen LogP contribution >= 0.6 is 11.6 Å². The lowest BCUT2D eigenvalue weighted by molar-refractivity contribution is -0.605. The van der Waals surface area contributed by atoms with E-state index in [4.69, 9.17) is 11.6 Å². The first kappa shape index (κ1) is 17.2. The first-order valence-electron chi connectivity index (χ1n) is 8.26. The van der Waals surface area contributed by atoms with Crippen LogP contribution in [0.15, 0.2) is 73.1 Å². The lowest BCUT2D eigenvalue weighted by atomic mass is 10.0. The topological polar surface area (TPSA) is 85.0 Å². The number of halogens is 1. The van der Waals surface area contributed by atoms with Crippen molar-refractivity contribution in [3.8, 4) is 0 Å². The molecule has 0 aliphatic heterocycles. The summed E-state index contributed by atoms with van der Waals surface area (Å²) >= 11 is 5.93. The Kier molecular flexibility index (Phi) is 4.58. The van der Waals surface area contributed by atoms with Gasteiger partial charge in [0.25, 0.3) is 0 Å². The summed E-state index contributed by atoms with van der Waals surface area (Å²) in [5.74, 6) is 0.578. The standard InChI is InChI=1S/C20H15ClN4O2/c21-14-5-7-15(8-6-14)22-20-17-4-2-1-3-16(17)18(23-24-20)19(26)13-9-11-25(27)12-10-13/h1-12,19,26H,(H,22,24). The van der Waals surface area contributed by atoms with Crippen LogP contribution in [-0.2, 0) is 0 Å². The molecule has 4 aromatic rings. The van der Waals surface area contributed by atoms with Crippen molar-refractivity contribution in [2.45, 2.75) is 6.10 Å². The Balaban J connectivity index is 1.75. The minimum atomic E-state index is -0.992. The summed E-state index contributed by atoms with van der Waals surface area (Å²) in [6.45, 7) is 0. The highest BCUT2D eigenvalue weighted by atomic mass is 35.5. The van der Waals surface area contributed by atoms with E-state index in [1.54, 1.807) is 24.3 Å². The second-order valence-electron chi connectivity index (χ2n) is 6.01. The second kappa shape index (κ2) is 7.19. The van der Waals surface area contributed by atoms with Gasteiger partial charge < -0.3 is 15.6 Å². The monoisotopic (exact) mass is 378 g/mol. The number of aliphatic hydroxyl groups excluding tert-OH is 1. The molecule has 6 nitrogen and oxygen atoms in total. The van der Waals surface area contributed by atoms with E-state index in [9.17, 15) is 10.3 Å². The van der Waals surface area contributed by atoms with Gasteiger partial charge in [0.2, 0.25) is 0 Å². The van der Waals surface area contributed by atoms with Crippen molar-refractivity contribution in [3.05, 3.63) is 94.5 Å². The van der Waals surface area contributed by atoms with Crippen LogP contribution in [0.3, 0.4) is 0 Å². The number of anilines is 2. The number of benzene rings is 2. The minimum Gasteiger partial charge on any atom is -0.619 e. The van der Waals surface area contributed by atoms with Crippen LogP contribution in [0.4, 0.5) is 11.5 Å². The summed E-state index contributed by atoms with van der Waals surface area (Å²) < 4.78 is 0.666. The molecule has 2 heterocycles. The van der Waals surface area contributed by atoms with E-state index < -0.39 is 6.10 Å². The van der Waals surface area contributed by atoms with Gasteiger partial charge in [-0.25, -0.2) is 0 Å². The van der Waals surface area contributed by atoms with Crippen molar-refractivity contribution in [3.63, 3.8) is 0 Å². The zero-order chi connectivity index (χ0) is 18.8. The summed E-state index contributed by atoms with van der Waals surface area (Å²) in [5, 5.41) is 36.0. The van der Waals surface area contributed by atoms with Gasteiger partial charge in [0.15, 0.2) is 18.2 Å². The Bertz CT molecular complexity index is 1090. The normalized spacial score (nSPS) is 12.1. The fourth-order valence-electron chi connectivity index (χ4n) is 2.85. The third kappa shape index (κ3) is 3.53. The second-order valence-corrected chi connectivity index (χ2v) is 6.44. The Labute approximate surface area is 160 Å². The number of pyridine rings is 1. The molecule has 7 heteroatoms. The van der Waals surface area contributed by atoms with E-state index in [0.717, 1.165) is 16.5 Å². The Morgan fingerprint density at radius 3 is 2.30 bits per heavy atom. The molecule has 2 aromatic carbocycles. The van der Waals surface area contributed by atoms with E-state index in [0.29, 0.717) is 26.8 Å². The SMILES string of the molecule is [O-][n+]1ccc(C(O)c2nnc(Nc3ccc(Cl)cc3)c3ccccc23)cc1. The lowest BCUT2D eigenvalue weighted by Crippen LogP contribution is -2.24. The van der Waals surface area contributed by atoms with E-state index in [2.05, 4.69) is 15.5 Å². The van der Waals surface area contributed by atoms with Gasteiger partial charge >= 0.3 is 0 Å². The van der Waals surface area contributed by atoms with Crippen LogP contribution < -0.4 is 10.0 Å². The van der Waals surface area contributed by atoms with Crippen molar-refractivity contribution in [2.24, 2.45) is 0 Å². The molecule has 0 aliphatic rings. The van der Waals surface area contributed by atoms with Gasteiger partial charge in [-0.1, -0.05) is 35.9 Å². The Morgan fingerprint density at radius 1 is 0.926 bits per heavy atom. The van der Waals surface area contributed by atoms with Gasteiger partial charge in [0, 0.05) is 33.6 Å². The Hall–Kier alpha value is -3.22. The molecule has 0 amide bonds. The van der Waals surface area contributed by atoms with Gasteiger partial charge in [0.1, 0.15) is 11.8 Å². The minimum absolute atomic E-state index is 0.427. The third-order valence-corrected chi connectivity index (χ3v) is 4.48. The van der Waals surface area contributed by atoms with E-state index >= 15 is 0 Å². The fraction of sp³-hybridized carbons (Fsp3) is 0.0500. The summed E-state index contributed by atoms with van der Waals surface area (Å²) in [6.07, 6.45) is 1.68. The van der Waals surface area contributed by atoms with Crippen LogP contribution in [0, 0.1) is 5.21 Å². The molecule has 27 heavy (non-hydrogen) atoms. The molecule has 0 radical (unpaired) electrons. The molecule has 0 fully saturated rings. The van der Waals surface area contributed by atoms with Crippen LogP contribution in [-0.4, -0.2) is 15.3 Å². The number of hydrogen-bond donors (Lipinski definition) is 2. The smallest absolute Gasteiger partial charge is 0.180 e. The molecular formula is C20H15ClN4O2. The number of hydrogen-bond acceptors (Lipinski definition) is 5. The molecule has 0 bridgehead atoms. The first-order chi connectivity index (χ1) is 13.1. The van der Waals surface area contributed by atoms with E-state index in [1.807, 2.05) is 36.4 Å². The number of aromatic nitrogens is 3. The number of nitrogens with zero attached hydrogens (tertiary/aromatic N) is 3. The summed E-state index contributed by atoms with van der Waals surface area (Å²) in [6, 6.07) is 18.0. The molecule has 2 N–H and O–H groups in total. The van der Waals surface area contributed by atoms with E-state index in [-0.39, 0.29) is 0 Å². The predicted molar refractivity (Wildman–Crippen MR) is 104 cm³/mol. The molecule has 0 aliphatic carbocycles. The van der Waals surface area contributed by atoms with Crippen molar-refractivity contribution in [1.82, 2.24) is 10.2 Å². The van der Waals surface area contributed by atoms with Crippen LogP contribution in [0.2, 0.25) is 5.02 Å². The number of fused-ring (bicyclic) bond motifs is 1. The van der Waals surface area contributed by atoms with Gasteiger partial charge in [-0.3, -0.25) is 0 Å². The molecule has 0 saturated heterocycles.